The highest BCUT2D eigenvalue weighted by atomic mass is 35.5. The van der Waals surface area contributed by atoms with E-state index in [1.807, 2.05) is 12.1 Å². The first-order chi connectivity index (χ1) is 8.18. The summed E-state index contributed by atoms with van der Waals surface area (Å²) in [7, 11) is 0. The molecule has 0 aliphatic carbocycles. The zero-order valence-electron chi connectivity index (χ0n) is 9.30. The number of benzene rings is 1. The molecule has 4 heteroatoms. The molecule has 2 rings (SSSR count). The van der Waals surface area contributed by atoms with E-state index in [-0.39, 0.29) is 0 Å². The summed E-state index contributed by atoms with van der Waals surface area (Å²) < 4.78 is 5.60. The molecule has 0 radical (unpaired) electrons. The van der Waals surface area contributed by atoms with Gasteiger partial charge in [0.15, 0.2) is 0 Å². The summed E-state index contributed by atoms with van der Waals surface area (Å²) in [6, 6.07) is 10.7. The summed E-state index contributed by atoms with van der Waals surface area (Å²) in [5.41, 5.74) is 0.632. The summed E-state index contributed by atoms with van der Waals surface area (Å²) in [5, 5.41) is 10.1. The van der Waals surface area contributed by atoms with Gasteiger partial charge in [-0.2, -0.15) is 0 Å². The minimum atomic E-state index is -0.638. The number of halogens is 1. The van der Waals surface area contributed by atoms with Crippen LogP contribution in [0.3, 0.4) is 0 Å². The first kappa shape index (κ1) is 11.9. The maximum absolute atomic E-state index is 9.60. The lowest BCUT2D eigenvalue weighted by atomic mass is 10.2. The SMILES string of the molecule is CC(O)c1cccnc1Oc1ccccc1Cl. The Hall–Kier alpha value is -1.58. The van der Waals surface area contributed by atoms with Gasteiger partial charge in [0.2, 0.25) is 5.88 Å². The molecule has 1 aromatic heterocycles. The number of aliphatic hydroxyl groups is 1. The summed E-state index contributed by atoms with van der Waals surface area (Å²) in [4.78, 5) is 4.10. The van der Waals surface area contributed by atoms with Crippen molar-refractivity contribution in [2.24, 2.45) is 0 Å². The minimum absolute atomic E-state index is 0.371. The van der Waals surface area contributed by atoms with Crippen molar-refractivity contribution in [1.82, 2.24) is 4.98 Å². The van der Waals surface area contributed by atoms with Crippen LogP contribution in [-0.2, 0) is 0 Å². The third-order valence-electron chi connectivity index (χ3n) is 2.29. The Morgan fingerprint density at radius 2 is 2.00 bits per heavy atom. The van der Waals surface area contributed by atoms with E-state index in [9.17, 15) is 5.11 Å². The minimum Gasteiger partial charge on any atom is -0.437 e. The van der Waals surface area contributed by atoms with Gasteiger partial charge < -0.3 is 9.84 Å². The van der Waals surface area contributed by atoms with Crippen LogP contribution >= 0.6 is 11.6 Å². The molecule has 0 aliphatic heterocycles. The van der Waals surface area contributed by atoms with Gasteiger partial charge in [0.05, 0.1) is 11.1 Å². The second-order valence-electron chi connectivity index (χ2n) is 3.61. The lowest BCUT2D eigenvalue weighted by molar-refractivity contribution is 0.194. The van der Waals surface area contributed by atoms with Crippen LogP contribution in [0.4, 0.5) is 0 Å². The molecule has 1 atom stereocenters. The van der Waals surface area contributed by atoms with Crippen LogP contribution in [0, 0.1) is 0 Å². The smallest absolute Gasteiger partial charge is 0.225 e. The van der Waals surface area contributed by atoms with Crippen molar-refractivity contribution in [2.75, 3.05) is 0 Å². The lowest BCUT2D eigenvalue weighted by Gasteiger charge is -2.12. The summed E-state index contributed by atoms with van der Waals surface area (Å²) in [5.74, 6) is 0.894. The van der Waals surface area contributed by atoms with Gasteiger partial charge in [-0.05, 0) is 31.2 Å². The molecule has 1 aromatic carbocycles. The van der Waals surface area contributed by atoms with Crippen molar-refractivity contribution < 1.29 is 9.84 Å². The molecule has 0 fully saturated rings. The number of hydrogen-bond acceptors (Lipinski definition) is 3. The molecule has 88 valence electrons. The predicted octanol–water partition coefficient (Wildman–Crippen LogP) is 3.58. The maximum Gasteiger partial charge on any atom is 0.225 e. The number of aliphatic hydroxyl groups excluding tert-OH is 1. The van der Waals surface area contributed by atoms with Crippen LogP contribution in [-0.4, -0.2) is 10.1 Å². The van der Waals surface area contributed by atoms with E-state index in [4.69, 9.17) is 16.3 Å². The van der Waals surface area contributed by atoms with Crippen LogP contribution < -0.4 is 4.74 Å². The fourth-order valence-electron chi connectivity index (χ4n) is 1.44. The van der Waals surface area contributed by atoms with Gasteiger partial charge in [0.1, 0.15) is 5.75 Å². The van der Waals surface area contributed by atoms with E-state index in [1.54, 1.807) is 37.4 Å². The number of para-hydroxylation sites is 1. The number of hydrogen-bond donors (Lipinski definition) is 1. The molecule has 1 unspecified atom stereocenters. The van der Waals surface area contributed by atoms with Crippen LogP contribution in [0.5, 0.6) is 11.6 Å². The van der Waals surface area contributed by atoms with Gasteiger partial charge in [0.25, 0.3) is 0 Å². The second-order valence-corrected chi connectivity index (χ2v) is 4.01. The molecule has 0 bridgehead atoms. The van der Waals surface area contributed by atoms with E-state index in [0.717, 1.165) is 0 Å². The zero-order chi connectivity index (χ0) is 12.3. The standard InChI is InChI=1S/C13H12ClNO2/c1-9(16)10-5-4-8-15-13(10)17-12-7-3-2-6-11(12)14/h2-9,16H,1H3. The monoisotopic (exact) mass is 249 g/mol. The van der Waals surface area contributed by atoms with Crippen LogP contribution in [0.2, 0.25) is 5.02 Å². The van der Waals surface area contributed by atoms with Crippen molar-refractivity contribution >= 4 is 11.6 Å². The number of pyridine rings is 1. The van der Waals surface area contributed by atoms with Gasteiger partial charge in [-0.3, -0.25) is 0 Å². The molecule has 17 heavy (non-hydrogen) atoms. The molecular formula is C13H12ClNO2. The Bertz CT molecular complexity index is 514. The van der Waals surface area contributed by atoms with E-state index in [0.29, 0.717) is 22.2 Å². The van der Waals surface area contributed by atoms with E-state index in [2.05, 4.69) is 4.98 Å². The topological polar surface area (TPSA) is 42.4 Å². The molecule has 0 spiro atoms. The molecule has 0 aliphatic rings. The second kappa shape index (κ2) is 5.17. The van der Waals surface area contributed by atoms with Gasteiger partial charge in [0, 0.05) is 11.8 Å². The first-order valence-corrected chi connectivity index (χ1v) is 5.61. The molecule has 0 amide bonds. The van der Waals surface area contributed by atoms with Gasteiger partial charge in [-0.1, -0.05) is 23.7 Å². The number of nitrogens with zero attached hydrogens (tertiary/aromatic N) is 1. The lowest BCUT2D eigenvalue weighted by Crippen LogP contribution is -1.98. The Morgan fingerprint density at radius 1 is 1.24 bits per heavy atom. The van der Waals surface area contributed by atoms with Crippen molar-refractivity contribution in [2.45, 2.75) is 13.0 Å². The van der Waals surface area contributed by atoms with Crippen molar-refractivity contribution in [3.8, 4) is 11.6 Å². The van der Waals surface area contributed by atoms with Crippen LogP contribution in [0.25, 0.3) is 0 Å². The Morgan fingerprint density at radius 3 is 2.71 bits per heavy atom. The molecule has 1 N–H and O–H groups in total. The Labute approximate surface area is 105 Å². The van der Waals surface area contributed by atoms with Gasteiger partial charge in [-0.25, -0.2) is 4.98 Å². The highest BCUT2D eigenvalue weighted by molar-refractivity contribution is 6.32. The third kappa shape index (κ3) is 2.75. The average molecular weight is 250 g/mol. The predicted molar refractivity (Wildman–Crippen MR) is 66.4 cm³/mol. The summed E-state index contributed by atoms with van der Waals surface area (Å²) >= 11 is 5.99. The number of rotatable bonds is 3. The van der Waals surface area contributed by atoms with Crippen molar-refractivity contribution in [1.29, 1.82) is 0 Å². The molecule has 0 saturated carbocycles. The quantitative estimate of drug-likeness (QED) is 0.904. The van der Waals surface area contributed by atoms with Gasteiger partial charge >= 0.3 is 0 Å². The van der Waals surface area contributed by atoms with E-state index < -0.39 is 6.10 Å². The van der Waals surface area contributed by atoms with Crippen molar-refractivity contribution in [3.05, 3.63) is 53.2 Å². The summed E-state index contributed by atoms with van der Waals surface area (Å²) in [6.07, 6.45) is 0.971. The summed E-state index contributed by atoms with van der Waals surface area (Å²) in [6.45, 7) is 1.66. The average Bonchev–Trinajstić information content (AvgIpc) is 2.32. The Balaban J connectivity index is 2.34. The number of aromatic nitrogens is 1. The molecule has 2 aromatic rings. The normalized spacial score (nSPS) is 12.2. The van der Waals surface area contributed by atoms with Crippen molar-refractivity contribution in [3.63, 3.8) is 0 Å². The molecular weight excluding hydrogens is 238 g/mol. The largest absolute Gasteiger partial charge is 0.437 e. The fourth-order valence-corrected chi connectivity index (χ4v) is 1.61. The highest BCUT2D eigenvalue weighted by Crippen LogP contribution is 2.31. The molecule has 3 nitrogen and oxygen atoms in total. The first-order valence-electron chi connectivity index (χ1n) is 5.24. The van der Waals surface area contributed by atoms with E-state index in [1.165, 1.54) is 0 Å². The Kier molecular flexibility index (Phi) is 3.61. The molecule has 0 saturated heterocycles. The van der Waals surface area contributed by atoms with Crippen LogP contribution in [0.1, 0.15) is 18.6 Å². The maximum atomic E-state index is 9.60. The fraction of sp³-hybridized carbons (Fsp3) is 0.154. The third-order valence-corrected chi connectivity index (χ3v) is 2.61. The zero-order valence-corrected chi connectivity index (χ0v) is 10.1. The molecule has 1 heterocycles. The van der Waals surface area contributed by atoms with Gasteiger partial charge in [-0.15, -0.1) is 0 Å². The van der Waals surface area contributed by atoms with Crippen LogP contribution in [0.15, 0.2) is 42.6 Å². The highest BCUT2D eigenvalue weighted by Gasteiger charge is 2.11. The van der Waals surface area contributed by atoms with E-state index >= 15 is 0 Å². The number of ether oxygens (including phenoxy) is 1.